The van der Waals surface area contributed by atoms with E-state index in [1.807, 2.05) is 13.8 Å². The van der Waals surface area contributed by atoms with E-state index in [1.165, 1.54) is 30.3 Å². The van der Waals surface area contributed by atoms with Crippen LogP contribution < -0.4 is 10.6 Å². The second-order valence-electron chi connectivity index (χ2n) is 5.66. The molecule has 2 rings (SSSR count). The molecule has 0 bridgehead atoms. The van der Waals surface area contributed by atoms with Crippen molar-refractivity contribution in [3.63, 3.8) is 0 Å². The molecule has 25 heavy (non-hydrogen) atoms. The summed E-state index contributed by atoms with van der Waals surface area (Å²) >= 11 is 6.13. The van der Waals surface area contributed by atoms with E-state index in [4.69, 9.17) is 11.6 Å². The average molecular weight is 363 g/mol. The van der Waals surface area contributed by atoms with Gasteiger partial charge in [-0.3, -0.25) is 9.59 Å². The third kappa shape index (κ3) is 5.03. The summed E-state index contributed by atoms with van der Waals surface area (Å²) in [4.78, 5) is 24.6. The highest BCUT2D eigenvalue weighted by atomic mass is 35.5. The van der Waals surface area contributed by atoms with Gasteiger partial charge in [0.25, 0.3) is 5.91 Å². The zero-order chi connectivity index (χ0) is 18.4. The third-order valence-corrected chi connectivity index (χ3v) is 4.27. The van der Waals surface area contributed by atoms with E-state index in [0.717, 1.165) is 12.8 Å². The highest BCUT2D eigenvalue weighted by molar-refractivity contribution is 6.34. The first-order valence-corrected chi connectivity index (χ1v) is 8.49. The van der Waals surface area contributed by atoms with Crippen molar-refractivity contribution in [1.29, 1.82) is 0 Å². The molecule has 0 radical (unpaired) electrons. The molecule has 2 N–H and O–H groups in total. The zero-order valence-corrected chi connectivity index (χ0v) is 14.9. The number of anilines is 2. The molecule has 0 saturated heterocycles. The fourth-order valence-corrected chi connectivity index (χ4v) is 2.56. The molecule has 0 spiro atoms. The zero-order valence-electron chi connectivity index (χ0n) is 14.1. The number of benzene rings is 2. The van der Waals surface area contributed by atoms with Crippen LogP contribution in [-0.4, -0.2) is 11.8 Å². The summed E-state index contributed by atoms with van der Waals surface area (Å²) in [5, 5.41) is 5.81. The van der Waals surface area contributed by atoms with Crippen molar-refractivity contribution in [3.05, 3.63) is 58.9 Å². The molecule has 0 aliphatic rings. The maximum Gasteiger partial charge on any atom is 0.255 e. The number of rotatable bonds is 6. The second-order valence-corrected chi connectivity index (χ2v) is 6.07. The summed E-state index contributed by atoms with van der Waals surface area (Å²) in [7, 11) is 0. The van der Waals surface area contributed by atoms with Crippen molar-refractivity contribution in [2.24, 2.45) is 5.92 Å². The van der Waals surface area contributed by atoms with E-state index >= 15 is 0 Å². The van der Waals surface area contributed by atoms with E-state index < -0.39 is 0 Å². The van der Waals surface area contributed by atoms with Crippen LogP contribution in [0.3, 0.4) is 0 Å². The van der Waals surface area contributed by atoms with Gasteiger partial charge in [-0.05, 0) is 55.3 Å². The number of amides is 2. The van der Waals surface area contributed by atoms with Crippen LogP contribution in [-0.2, 0) is 4.79 Å². The lowest BCUT2D eigenvalue weighted by Gasteiger charge is -2.14. The summed E-state index contributed by atoms with van der Waals surface area (Å²) in [5.74, 6) is -0.979. The van der Waals surface area contributed by atoms with Gasteiger partial charge in [-0.15, -0.1) is 0 Å². The minimum atomic E-state index is -0.379. The van der Waals surface area contributed by atoms with Crippen molar-refractivity contribution >= 4 is 34.8 Å². The molecule has 0 saturated carbocycles. The topological polar surface area (TPSA) is 58.2 Å². The summed E-state index contributed by atoms with van der Waals surface area (Å²) in [6.07, 6.45) is 1.45. The molecule has 0 atom stereocenters. The van der Waals surface area contributed by atoms with Crippen LogP contribution in [0.25, 0.3) is 0 Å². The largest absolute Gasteiger partial charge is 0.325 e. The lowest BCUT2D eigenvalue weighted by molar-refractivity contribution is -0.120. The van der Waals surface area contributed by atoms with Crippen LogP contribution in [0.15, 0.2) is 42.5 Å². The van der Waals surface area contributed by atoms with E-state index in [9.17, 15) is 14.0 Å². The van der Waals surface area contributed by atoms with Gasteiger partial charge in [0.15, 0.2) is 0 Å². The van der Waals surface area contributed by atoms with Gasteiger partial charge in [-0.25, -0.2) is 4.39 Å². The van der Waals surface area contributed by atoms with Gasteiger partial charge in [-0.2, -0.15) is 0 Å². The number of halogens is 2. The lowest BCUT2D eigenvalue weighted by atomic mass is 10.0. The number of nitrogens with one attached hydrogen (secondary N) is 2. The summed E-state index contributed by atoms with van der Waals surface area (Å²) < 4.78 is 12.9. The van der Waals surface area contributed by atoms with Crippen LogP contribution in [0, 0.1) is 11.7 Å². The van der Waals surface area contributed by atoms with Crippen molar-refractivity contribution < 1.29 is 14.0 Å². The maximum absolute atomic E-state index is 12.9. The average Bonchev–Trinajstić information content (AvgIpc) is 2.60. The van der Waals surface area contributed by atoms with Crippen molar-refractivity contribution in [1.82, 2.24) is 0 Å². The summed E-state index contributed by atoms with van der Waals surface area (Å²) in [6, 6.07) is 10.1. The second kappa shape index (κ2) is 8.62. The van der Waals surface area contributed by atoms with E-state index in [0.29, 0.717) is 22.0 Å². The Kier molecular flexibility index (Phi) is 6.53. The van der Waals surface area contributed by atoms with Crippen LogP contribution in [0.5, 0.6) is 0 Å². The highest BCUT2D eigenvalue weighted by Crippen LogP contribution is 2.25. The molecular weight excluding hydrogens is 343 g/mol. The number of carbonyl (C=O) groups excluding carboxylic acids is 2. The van der Waals surface area contributed by atoms with E-state index in [-0.39, 0.29) is 23.5 Å². The van der Waals surface area contributed by atoms with Crippen LogP contribution in [0.4, 0.5) is 15.8 Å². The third-order valence-electron chi connectivity index (χ3n) is 3.94. The standard InChI is InChI=1S/C19H20ClFN2O2/c1-3-12(4-2)18(24)23-17-11-13(5-10-16(17)20)19(25)22-15-8-6-14(21)7-9-15/h5-12H,3-4H2,1-2H3,(H,22,25)(H,23,24). The first-order valence-electron chi connectivity index (χ1n) is 8.11. The molecule has 6 heteroatoms. The Morgan fingerprint density at radius 1 is 1.04 bits per heavy atom. The van der Waals surface area contributed by atoms with Crippen molar-refractivity contribution in [3.8, 4) is 0 Å². The Labute approximate surface area is 151 Å². The predicted molar refractivity (Wildman–Crippen MR) is 98.5 cm³/mol. The molecule has 0 unspecified atom stereocenters. The smallest absolute Gasteiger partial charge is 0.255 e. The molecule has 2 amide bonds. The van der Waals surface area contributed by atoms with Gasteiger partial charge in [0.2, 0.25) is 5.91 Å². The Bertz CT molecular complexity index is 759. The van der Waals surface area contributed by atoms with Crippen LogP contribution >= 0.6 is 11.6 Å². The Morgan fingerprint density at radius 3 is 2.28 bits per heavy atom. The Balaban J connectivity index is 2.15. The number of carbonyl (C=O) groups is 2. The Hall–Kier alpha value is -2.40. The number of hydrogen-bond donors (Lipinski definition) is 2. The van der Waals surface area contributed by atoms with Crippen molar-refractivity contribution in [2.75, 3.05) is 10.6 Å². The Morgan fingerprint density at radius 2 is 1.68 bits per heavy atom. The van der Waals surface area contributed by atoms with Crippen LogP contribution in [0.1, 0.15) is 37.0 Å². The van der Waals surface area contributed by atoms with E-state index in [1.54, 1.807) is 12.1 Å². The van der Waals surface area contributed by atoms with E-state index in [2.05, 4.69) is 10.6 Å². The molecule has 0 heterocycles. The van der Waals surface area contributed by atoms with Gasteiger partial charge < -0.3 is 10.6 Å². The van der Waals surface area contributed by atoms with Crippen molar-refractivity contribution in [2.45, 2.75) is 26.7 Å². The molecule has 2 aromatic carbocycles. The normalized spacial score (nSPS) is 10.6. The maximum atomic E-state index is 12.9. The molecule has 4 nitrogen and oxygen atoms in total. The molecule has 0 fully saturated rings. The molecule has 0 aliphatic carbocycles. The monoisotopic (exact) mass is 362 g/mol. The molecular formula is C19H20ClFN2O2. The molecule has 2 aromatic rings. The van der Waals surface area contributed by atoms with Gasteiger partial charge in [0.05, 0.1) is 10.7 Å². The summed E-state index contributed by atoms with van der Waals surface area (Å²) in [5.41, 5.74) is 1.21. The van der Waals surface area contributed by atoms with Gasteiger partial charge in [-0.1, -0.05) is 25.4 Å². The first kappa shape index (κ1) is 18.9. The number of hydrogen-bond acceptors (Lipinski definition) is 2. The fourth-order valence-electron chi connectivity index (χ4n) is 2.39. The quantitative estimate of drug-likeness (QED) is 0.750. The molecule has 0 aromatic heterocycles. The highest BCUT2D eigenvalue weighted by Gasteiger charge is 2.16. The summed E-state index contributed by atoms with van der Waals surface area (Å²) in [6.45, 7) is 3.89. The van der Waals surface area contributed by atoms with Crippen LogP contribution in [0.2, 0.25) is 5.02 Å². The van der Waals surface area contributed by atoms with Gasteiger partial charge >= 0.3 is 0 Å². The molecule has 132 valence electrons. The van der Waals surface area contributed by atoms with Gasteiger partial charge in [0, 0.05) is 17.2 Å². The minimum absolute atomic E-state index is 0.104. The molecule has 0 aliphatic heterocycles. The lowest BCUT2D eigenvalue weighted by Crippen LogP contribution is -2.22. The minimum Gasteiger partial charge on any atom is -0.325 e. The first-order chi connectivity index (χ1) is 11.9. The predicted octanol–water partition coefficient (Wildman–Crippen LogP) is 5.11. The van der Waals surface area contributed by atoms with Gasteiger partial charge in [0.1, 0.15) is 5.82 Å². The fraction of sp³-hybridized carbons (Fsp3) is 0.263. The SMILES string of the molecule is CCC(CC)C(=O)Nc1cc(C(=O)Nc2ccc(F)cc2)ccc1Cl.